The van der Waals surface area contributed by atoms with E-state index >= 15 is 0 Å². The Kier molecular flexibility index (Phi) is 6.28. The molecule has 4 rings (SSSR count). The summed E-state index contributed by atoms with van der Waals surface area (Å²) in [6.07, 6.45) is 0. The van der Waals surface area contributed by atoms with Crippen molar-refractivity contribution >= 4 is 22.6 Å². The molecule has 0 radical (unpaired) electrons. The number of rotatable bonds is 6. The number of aryl methyl sites for hydroxylation is 1. The molecule has 1 aliphatic rings. The molecule has 164 valence electrons. The van der Waals surface area contributed by atoms with E-state index in [0.29, 0.717) is 36.2 Å². The summed E-state index contributed by atoms with van der Waals surface area (Å²) in [4.78, 5) is 0. The van der Waals surface area contributed by atoms with Gasteiger partial charge in [0.1, 0.15) is 11.6 Å². The molecular weight excluding hydrogens is 519 g/mol. The summed E-state index contributed by atoms with van der Waals surface area (Å²) in [5, 5.41) is 14.7. The zero-order valence-corrected chi connectivity index (χ0v) is 20.2. The predicted molar refractivity (Wildman–Crippen MR) is 129 cm³/mol. The number of nitriles is 1. The van der Waals surface area contributed by atoms with Crippen molar-refractivity contribution in [1.82, 2.24) is 9.78 Å². The number of hydrogen-bond donors (Lipinski definition) is 1. The van der Waals surface area contributed by atoms with Gasteiger partial charge >= 0.3 is 0 Å². The topological polar surface area (TPSA) is 95.3 Å². The lowest BCUT2D eigenvalue weighted by Crippen LogP contribution is -2.22. The number of halogens is 1. The Balaban J connectivity index is 1.94. The Labute approximate surface area is 200 Å². The van der Waals surface area contributed by atoms with Gasteiger partial charge in [-0.1, -0.05) is 18.2 Å². The highest BCUT2D eigenvalue weighted by molar-refractivity contribution is 14.1. The molecule has 3 aromatic rings. The van der Waals surface area contributed by atoms with E-state index in [1.165, 1.54) is 0 Å². The van der Waals surface area contributed by atoms with Crippen LogP contribution in [0.1, 0.15) is 36.6 Å². The molecule has 0 amide bonds. The molecule has 7 nitrogen and oxygen atoms in total. The van der Waals surface area contributed by atoms with Gasteiger partial charge in [-0.2, -0.15) is 10.4 Å². The zero-order valence-electron chi connectivity index (χ0n) is 18.1. The Morgan fingerprint density at radius 1 is 1.19 bits per heavy atom. The smallest absolute Gasteiger partial charge is 0.229 e. The number of nitrogens with zero attached hydrogens (tertiary/aromatic N) is 3. The fraction of sp³-hybridized carbons (Fsp3) is 0.250. The highest BCUT2D eigenvalue weighted by Crippen LogP contribution is 2.47. The summed E-state index contributed by atoms with van der Waals surface area (Å²) in [5.74, 6) is 1.47. The molecule has 1 atom stereocenters. The average Bonchev–Trinajstić information content (AvgIpc) is 3.11. The van der Waals surface area contributed by atoms with Gasteiger partial charge in [-0.05, 0) is 73.2 Å². The molecular formula is C24H23IN4O3. The van der Waals surface area contributed by atoms with Crippen LogP contribution in [0.4, 0.5) is 0 Å². The van der Waals surface area contributed by atoms with Crippen LogP contribution in [0.25, 0.3) is 5.69 Å². The van der Waals surface area contributed by atoms with Crippen molar-refractivity contribution in [1.29, 1.82) is 5.26 Å². The van der Waals surface area contributed by atoms with Crippen molar-refractivity contribution in [3.05, 3.63) is 74.3 Å². The van der Waals surface area contributed by atoms with Gasteiger partial charge in [-0.15, -0.1) is 0 Å². The Bertz CT molecular complexity index is 1230. The standard InChI is InChI=1S/C24H23IN4O3/c1-4-30-19-12-15(11-18(25)22(19)31-5-2)21-17(13-26)23(27)32-24-20(21)14(3)28-29(24)16-9-7-6-8-10-16/h6-12,21H,4-5,27H2,1-3H3. The lowest BCUT2D eigenvalue weighted by molar-refractivity contribution is 0.285. The minimum Gasteiger partial charge on any atom is -0.490 e. The van der Waals surface area contributed by atoms with Crippen LogP contribution in [-0.2, 0) is 0 Å². The summed E-state index contributed by atoms with van der Waals surface area (Å²) in [6, 6.07) is 15.9. The molecule has 0 fully saturated rings. The van der Waals surface area contributed by atoms with Crippen molar-refractivity contribution in [2.24, 2.45) is 5.73 Å². The second-order valence-electron chi connectivity index (χ2n) is 7.17. The summed E-state index contributed by atoms with van der Waals surface area (Å²) in [7, 11) is 0. The largest absolute Gasteiger partial charge is 0.490 e. The van der Waals surface area contributed by atoms with Gasteiger partial charge in [-0.3, -0.25) is 0 Å². The van der Waals surface area contributed by atoms with E-state index in [1.54, 1.807) is 4.68 Å². The van der Waals surface area contributed by atoms with Crippen LogP contribution in [0.15, 0.2) is 53.9 Å². The first-order valence-electron chi connectivity index (χ1n) is 10.3. The maximum absolute atomic E-state index is 9.96. The predicted octanol–water partition coefficient (Wildman–Crippen LogP) is 4.80. The van der Waals surface area contributed by atoms with Crippen molar-refractivity contribution in [3.63, 3.8) is 0 Å². The van der Waals surface area contributed by atoms with Gasteiger partial charge in [-0.25, -0.2) is 4.68 Å². The maximum atomic E-state index is 9.96. The normalized spacial score (nSPS) is 15.0. The number of para-hydroxylation sites is 1. The molecule has 2 heterocycles. The SMILES string of the molecule is CCOc1cc(C2C(C#N)=C(N)Oc3c2c(C)nn3-c2ccccc2)cc(I)c1OCC. The number of fused-ring (bicyclic) bond motifs is 1. The van der Waals surface area contributed by atoms with Gasteiger partial charge < -0.3 is 19.9 Å². The van der Waals surface area contributed by atoms with Crippen LogP contribution in [0, 0.1) is 21.8 Å². The van der Waals surface area contributed by atoms with Crippen LogP contribution in [0.2, 0.25) is 0 Å². The zero-order chi connectivity index (χ0) is 22.8. The third kappa shape index (κ3) is 3.77. The molecule has 0 saturated heterocycles. The third-order valence-corrected chi connectivity index (χ3v) is 5.99. The van der Waals surface area contributed by atoms with E-state index in [-0.39, 0.29) is 5.88 Å². The number of ether oxygens (including phenoxy) is 3. The lowest BCUT2D eigenvalue weighted by atomic mass is 9.84. The highest BCUT2D eigenvalue weighted by atomic mass is 127. The van der Waals surface area contributed by atoms with Gasteiger partial charge in [0.05, 0.1) is 39.6 Å². The van der Waals surface area contributed by atoms with Crippen LogP contribution < -0.4 is 19.9 Å². The first-order valence-corrected chi connectivity index (χ1v) is 11.4. The van der Waals surface area contributed by atoms with Crippen molar-refractivity contribution in [3.8, 4) is 29.1 Å². The Morgan fingerprint density at radius 2 is 1.91 bits per heavy atom. The number of aromatic nitrogens is 2. The van der Waals surface area contributed by atoms with Crippen molar-refractivity contribution in [2.75, 3.05) is 13.2 Å². The fourth-order valence-corrected chi connectivity index (χ4v) is 4.67. The molecule has 1 unspecified atom stereocenters. The molecule has 2 aromatic carbocycles. The summed E-state index contributed by atoms with van der Waals surface area (Å²) in [6.45, 7) is 6.79. The van der Waals surface area contributed by atoms with Crippen molar-refractivity contribution < 1.29 is 14.2 Å². The number of allylic oxidation sites excluding steroid dienone is 1. The van der Waals surface area contributed by atoms with E-state index in [9.17, 15) is 5.26 Å². The average molecular weight is 542 g/mol. The minimum atomic E-state index is -0.440. The molecule has 1 aliphatic heterocycles. The van der Waals surface area contributed by atoms with Crippen LogP contribution in [-0.4, -0.2) is 23.0 Å². The van der Waals surface area contributed by atoms with E-state index in [2.05, 4.69) is 28.7 Å². The van der Waals surface area contributed by atoms with Gasteiger partial charge in [0, 0.05) is 0 Å². The van der Waals surface area contributed by atoms with E-state index in [4.69, 9.17) is 25.0 Å². The van der Waals surface area contributed by atoms with Crippen LogP contribution >= 0.6 is 22.6 Å². The summed E-state index contributed by atoms with van der Waals surface area (Å²) in [5.41, 5.74) is 9.86. The maximum Gasteiger partial charge on any atom is 0.229 e. The Morgan fingerprint density at radius 3 is 2.56 bits per heavy atom. The number of hydrogen-bond acceptors (Lipinski definition) is 6. The van der Waals surface area contributed by atoms with E-state index in [1.807, 2.05) is 63.2 Å². The second-order valence-corrected chi connectivity index (χ2v) is 8.33. The molecule has 0 aliphatic carbocycles. The lowest BCUT2D eigenvalue weighted by Gasteiger charge is -2.26. The van der Waals surface area contributed by atoms with E-state index in [0.717, 1.165) is 26.1 Å². The molecule has 2 N–H and O–H groups in total. The summed E-state index contributed by atoms with van der Waals surface area (Å²) < 4.78 is 20.3. The Hall–Kier alpha value is -3.19. The second kappa shape index (κ2) is 9.12. The highest BCUT2D eigenvalue weighted by Gasteiger charge is 2.37. The van der Waals surface area contributed by atoms with Gasteiger partial charge in [0.15, 0.2) is 11.5 Å². The fourth-order valence-electron chi connectivity index (χ4n) is 3.89. The quantitative estimate of drug-likeness (QED) is 0.450. The van der Waals surface area contributed by atoms with E-state index < -0.39 is 5.92 Å². The van der Waals surface area contributed by atoms with Crippen LogP contribution in [0.3, 0.4) is 0 Å². The third-order valence-electron chi connectivity index (χ3n) is 5.19. The molecule has 0 bridgehead atoms. The molecule has 0 spiro atoms. The van der Waals surface area contributed by atoms with Gasteiger partial charge in [0.25, 0.3) is 0 Å². The number of nitrogens with two attached hydrogens (primary N) is 1. The summed E-state index contributed by atoms with van der Waals surface area (Å²) >= 11 is 2.23. The van der Waals surface area contributed by atoms with Crippen molar-refractivity contribution in [2.45, 2.75) is 26.7 Å². The monoisotopic (exact) mass is 542 g/mol. The number of benzene rings is 2. The molecule has 1 aromatic heterocycles. The van der Waals surface area contributed by atoms with Gasteiger partial charge in [0.2, 0.25) is 11.8 Å². The molecule has 0 saturated carbocycles. The molecule has 8 heteroatoms. The van der Waals surface area contributed by atoms with Crippen LogP contribution in [0.5, 0.6) is 17.4 Å². The minimum absolute atomic E-state index is 0.0731. The first-order chi connectivity index (χ1) is 15.5. The first kappa shape index (κ1) is 22.0. The molecule has 32 heavy (non-hydrogen) atoms.